The molecule has 3 heteroatoms. The molecule has 1 unspecified atom stereocenters. The van der Waals surface area contributed by atoms with E-state index in [1.165, 1.54) is 0 Å². The van der Waals surface area contributed by atoms with Gasteiger partial charge in [-0.05, 0) is 26.4 Å². The zero-order valence-electron chi connectivity index (χ0n) is 6.59. The van der Waals surface area contributed by atoms with Crippen LogP contribution in [0.3, 0.4) is 0 Å². The lowest BCUT2D eigenvalue weighted by Gasteiger charge is -2.16. The number of ether oxygens (including phenoxy) is 2. The van der Waals surface area contributed by atoms with Crippen molar-refractivity contribution in [1.82, 2.24) is 0 Å². The molecule has 1 rings (SSSR count). The summed E-state index contributed by atoms with van der Waals surface area (Å²) in [5.41, 5.74) is 0. The van der Waals surface area contributed by atoms with Crippen LogP contribution in [-0.4, -0.2) is 24.7 Å². The first-order chi connectivity index (χ1) is 4.64. The van der Waals surface area contributed by atoms with Crippen LogP contribution in [0.2, 0.25) is 0 Å². The summed E-state index contributed by atoms with van der Waals surface area (Å²) in [6.07, 6.45) is 2.48. The highest BCUT2D eigenvalue weighted by Crippen LogP contribution is 2.24. The first-order valence-corrected chi connectivity index (χ1v) is 4.47. The summed E-state index contributed by atoms with van der Waals surface area (Å²) in [5.74, 6) is -0.343. The smallest absolute Gasteiger partial charge is 0.163 e. The number of rotatable bonds is 2. The molecule has 1 fully saturated rings. The normalized spacial score (nSPS) is 30.9. The summed E-state index contributed by atoms with van der Waals surface area (Å²) < 4.78 is 10.9. The van der Waals surface area contributed by atoms with Crippen LogP contribution in [0, 0.1) is 0 Å². The molecule has 2 atom stereocenters. The highest BCUT2D eigenvalue weighted by Gasteiger charge is 2.31. The highest BCUT2D eigenvalue weighted by atomic mass is 31.0. The Morgan fingerprint density at radius 3 is 2.70 bits per heavy atom. The minimum absolute atomic E-state index is 0.312. The lowest BCUT2D eigenvalue weighted by molar-refractivity contribution is -0.138. The summed E-state index contributed by atoms with van der Waals surface area (Å²) in [6, 6.07) is 0. The Bertz CT molecular complexity index is 114. The molecule has 0 spiro atoms. The maximum absolute atomic E-state index is 5.55. The molecule has 0 N–H and O–H groups in total. The molecular weight excluding hydrogens is 147 g/mol. The SMILES string of the molecule is CC1(C)OC[C@H](CCP)O1. The molecular formula is C7H15O2P. The fourth-order valence-electron chi connectivity index (χ4n) is 1.09. The first-order valence-electron chi connectivity index (χ1n) is 3.66. The van der Waals surface area contributed by atoms with Gasteiger partial charge in [0.1, 0.15) is 0 Å². The molecule has 10 heavy (non-hydrogen) atoms. The van der Waals surface area contributed by atoms with Crippen LogP contribution in [0.25, 0.3) is 0 Å². The lowest BCUT2D eigenvalue weighted by atomic mass is 10.3. The fourth-order valence-corrected chi connectivity index (χ4v) is 1.46. The highest BCUT2D eigenvalue weighted by molar-refractivity contribution is 7.16. The van der Waals surface area contributed by atoms with E-state index in [0.29, 0.717) is 6.10 Å². The second-order valence-corrected chi connectivity index (χ2v) is 3.61. The summed E-state index contributed by atoms with van der Waals surface area (Å²) >= 11 is 0. The van der Waals surface area contributed by atoms with Crippen LogP contribution >= 0.6 is 9.24 Å². The molecule has 0 radical (unpaired) electrons. The van der Waals surface area contributed by atoms with Gasteiger partial charge in [0.2, 0.25) is 0 Å². The van der Waals surface area contributed by atoms with E-state index >= 15 is 0 Å². The van der Waals surface area contributed by atoms with Gasteiger partial charge in [-0.2, -0.15) is 0 Å². The zero-order valence-corrected chi connectivity index (χ0v) is 7.75. The van der Waals surface area contributed by atoms with Gasteiger partial charge < -0.3 is 9.47 Å². The second-order valence-electron chi connectivity index (χ2n) is 3.03. The largest absolute Gasteiger partial charge is 0.348 e. The first kappa shape index (κ1) is 8.45. The van der Waals surface area contributed by atoms with Crippen LogP contribution in [-0.2, 0) is 9.47 Å². The Morgan fingerprint density at radius 1 is 1.60 bits per heavy atom. The van der Waals surface area contributed by atoms with Gasteiger partial charge in [0.25, 0.3) is 0 Å². The zero-order chi connectivity index (χ0) is 7.61. The summed E-state index contributed by atoms with van der Waals surface area (Å²) in [5, 5.41) is 0. The van der Waals surface area contributed by atoms with Crippen LogP contribution in [0.1, 0.15) is 20.3 Å². The van der Waals surface area contributed by atoms with Crippen molar-refractivity contribution in [3.8, 4) is 0 Å². The minimum atomic E-state index is -0.343. The maximum atomic E-state index is 5.55. The molecule has 2 nitrogen and oxygen atoms in total. The van der Waals surface area contributed by atoms with Crippen molar-refractivity contribution in [2.24, 2.45) is 0 Å². The molecule has 0 aliphatic carbocycles. The van der Waals surface area contributed by atoms with Gasteiger partial charge in [0.05, 0.1) is 12.7 Å². The summed E-state index contributed by atoms with van der Waals surface area (Å²) in [6.45, 7) is 4.66. The van der Waals surface area contributed by atoms with Gasteiger partial charge in [-0.25, -0.2) is 0 Å². The lowest BCUT2D eigenvalue weighted by Crippen LogP contribution is -2.21. The quantitative estimate of drug-likeness (QED) is 0.571. The third-order valence-electron chi connectivity index (χ3n) is 1.56. The van der Waals surface area contributed by atoms with E-state index in [1.807, 2.05) is 13.8 Å². The van der Waals surface area contributed by atoms with Gasteiger partial charge in [-0.3, -0.25) is 0 Å². The van der Waals surface area contributed by atoms with Crippen molar-refractivity contribution in [2.45, 2.75) is 32.2 Å². The van der Waals surface area contributed by atoms with Crippen molar-refractivity contribution in [3.05, 3.63) is 0 Å². The van der Waals surface area contributed by atoms with Crippen molar-refractivity contribution in [1.29, 1.82) is 0 Å². The van der Waals surface area contributed by atoms with Gasteiger partial charge in [-0.15, -0.1) is 9.24 Å². The van der Waals surface area contributed by atoms with E-state index < -0.39 is 0 Å². The van der Waals surface area contributed by atoms with E-state index in [0.717, 1.165) is 19.2 Å². The fraction of sp³-hybridized carbons (Fsp3) is 1.00. The van der Waals surface area contributed by atoms with E-state index in [4.69, 9.17) is 9.47 Å². The molecule has 1 aliphatic rings. The predicted octanol–water partition coefficient (Wildman–Crippen LogP) is 1.40. The predicted molar refractivity (Wildman–Crippen MR) is 44.1 cm³/mol. The third-order valence-corrected chi connectivity index (χ3v) is 1.89. The average molecular weight is 162 g/mol. The second kappa shape index (κ2) is 3.17. The maximum Gasteiger partial charge on any atom is 0.163 e. The van der Waals surface area contributed by atoms with Crippen molar-refractivity contribution in [3.63, 3.8) is 0 Å². The van der Waals surface area contributed by atoms with E-state index in [2.05, 4.69) is 9.24 Å². The Morgan fingerprint density at radius 2 is 2.30 bits per heavy atom. The molecule has 1 aliphatic heterocycles. The molecule has 0 saturated carbocycles. The van der Waals surface area contributed by atoms with E-state index in [9.17, 15) is 0 Å². The Hall–Kier alpha value is 0.350. The monoisotopic (exact) mass is 162 g/mol. The molecule has 1 saturated heterocycles. The molecule has 0 amide bonds. The standard InChI is InChI=1S/C7H15O2P/c1-7(2)8-5-6(9-7)3-4-10/h6H,3-5,10H2,1-2H3/t6-/m0/s1. The minimum Gasteiger partial charge on any atom is -0.348 e. The van der Waals surface area contributed by atoms with Crippen molar-refractivity contribution in [2.75, 3.05) is 12.8 Å². The molecule has 0 bridgehead atoms. The number of hydrogen-bond donors (Lipinski definition) is 0. The molecule has 0 aromatic rings. The van der Waals surface area contributed by atoms with E-state index in [-0.39, 0.29) is 5.79 Å². The van der Waals surface area contributed by atoms with E-state index in [1.54, 1.807) is 0 Å². The van der Waals surface area contributed by atoms with Gasteiger partial charge in [0, 0.05) is 0 Å². The third kappa shape index (κ3) is 2.19. The Balaban J connectivity index is 2.29. The number of hydrogen-bond acceptors (Lipinski definition) is 2. The van der Waals surface area contributed by atoms with Crippen LogP contribution < -0.4 is 0 Å². The van der Waals surface area contributed by atoms with Gasteiger partial charge >= 0.3 is 0 Å². The summed E-state index contributed by atoms with van der Waals surface area (Å²) in [7, 11) is 2.69. The van der Waals surface area contributed by atoms with Crippen LogP contribution in [0.15, 0.2) is 0 Å². The van der Waals surface area contributed by atoms with Crippen LogP contribution in [0.4, 0.5) is 0 Å². The van der Waals surface area contributed by atoms with Crippen molar-refractivity contribution >= 4 is 9.24 Å². The van der Waals surface area contributed by atoms with Crippen LogP contribution in [0.5, 0.6) is 0 Å². The summed E-state index contributed by atoms with van der Waals surface area (Å²) in [4.78, 5) is 0. The Kier molecular flexibility index (Phi) is 2.67. The Labute approximate surface area is 64.5 Å². The van der Waals surface area contributed by atoms with Gasteiger partial charge in [-0.1, -0.05) is 0 Å². The van der Waals surface area contributed by atoms with Crippen molar-refractivity contribution < 1.29 is 9.47 Å². The molecule has 60 valence electrons. The molecule has 0 aromatic carbocycles. The average Bonchev–Trinajstić information content (AvgIpc) is 2.12. The van der Waals surface area contributed by atoms with Gasteiger partial charge in [0.15, 0.2) is 5.79 Å². The molecule has 0 aromatic heterocycles. The molecule has 1 heterocycles. The topological polar surface area (TPSA) is 18.5 Å².